The third-order valence-electron chi connectivity index (χ3n) is 8.84. The van der Waals surface area contributed by atoms with Gasteiger partial charge in [0.15, 0.2) is 0 Å². The number of benzene rings is 3. The van der Waals surface area contributed by atoms with Gasteiger partial charge in [-0.1, -0.05) is 36.4 Å². The van der Waals surface area contributed by atoms with Crippen molar-refractivity contribution < 1.29 is 21.6 Å². The number of aryl methyl sites for hydroxylation is 2. The van der Waals surface area contributed by atoms with Crippen molar-refractivity contribution in [2.75, 3.05) is 6.26 Å². The molecule has 0 aromatic heterocycles. The number of esters is 1. The van der Waals surface area contributed by atoms with Crippen LogP contribution >= 0.6 is 10.3 Å². The van der Waals surface area contributed by atoms with Gasteiger partial charge in [0, 0.05) is 14.7 Å². The highest BCUT2D eigenvalue weighted by atomic mass is 32.3. The van der Waals surface area contributed by atoms with Gasteiger partial charge in [-0.15, -0.1) is 0 Å². The largest absolute Gasteiger partial charge is 0.426 e. The molecule has 0 spiro atoms. The average Bonchev–Trinajstić information content (AvgIpc) is 2.89. The molecule has 0 unspecified atom stereocenters. The van der Waals surface area contributed by atoms with Gasteiger partial charge in [0.05, 0.1) is 12.2 Å². The molecule has 4 aliphatic carbocycles. The van der Waals surface area contributed by atoms with Crippen LogP contribution in [-0.4, -0.2) is 20.6 Å². The second-order valence-electron chi connectivity index (χ2n) is 11.7. The minimum Gasteiger partial charge on any atom is -0.426 e. The quantitative estimate of drug-likeness (QED) is 0.220. The summed E-state index contributed by atoms with van der Waals surface area (Å²) in [6.45, 7) is 3.85. The lowest BCUT2D eigenvalue weighted by Crippen LogP contribution is -2.49. The van der Waals surface area contributed by atoms with Crippen molar-refractivity contribution in [1.82, 2.24) is 0 Å². The Balaban J connectivity index is 1.41. The zero-order valence-corrected chi connectivity index (χ0v) is 24.3. The third-order valence-corrected chi connectivity index (χ3v) is 13.4. The van der Waals surface area contributed by atoms with E-state index in [0.717, 1.165) is 69.6 Å². The highest BCUT2D eigenvalue weighted by Crippen LogP contribution is 2.70. The molecule has 4 aliphatic rings. The maximum Gasteiger partial charge on any atom is 0.314 e. The standard InChI is InChI=1S/C32H36O5S2/c1-21-14-29(39(37-38(3,34)35,27-10-6-4-7-11-27)28-12-8-5-9-13-28)15-22(2)31(21)36-32(33)30-25-17-23-16-24(19-25)20-26(30)18-23/h4-15,23-26,30H,16-20H2,1-3H3. The molecule has 4 saturated carbocycles. The van der Waals surface area contributed by atoms with Crippen LogP contribution in [-0.2, 0) is 18.5 Å². The predicted molar refractivity (Wildman–Crippen MR) is 153 cm³/mol. The minimum atomic E-state index is -3.85. The molecule has 3 aromatic rings. The Labute approximate surface area is 233 Å². The summed E-state index contributed by atoms with van der Waals surface area (Å²) in [5.41, 5.74) is 1.59. The van der Waals surface area contributed by atoms with Crippen molar-refractivity contribution in [2.24, 2.45) is 29.6 Å². The molecule has 7 rings (SSSR count). The Hall–Kier alpha value is -2.61. The Morgan fingerprint density at radius 1 is 0.718 bits per heavy atom. The first-order chi connectivity index (χ1) is 18.6. The molecule has 4 fully saturated rings. The van der Waals surface area contributed by atoms with E-state index < -0.39 is 20.4 Å². The number of ether oxygens (including phenoxy) is 1. The van der Waals surface area contributed by atoms with E-state index in [9.17, 15) is 13.2 Å². The SMILES string of the molecule is Cc1cc(S(OS(C)(=O)=O)(c2ccccc2)c2ccccc2)cc(C)c1OC(=O)C1C2CC3CC(C2)CC1C3. The smallest absolute Gasteiger partial charge is 0.314 e. The highest BCUT2D eigenvalue weighted by Gasteiger charge is 2.51. The van der Waals surface area contributed by atoms with E-state index in [0.29, 0.717) is 17.6 Å². The van der Waals surface area contributed by atoms with Crippen molar-refractivity contribution in [1.29, 1.82) is 0 Å². The minimum absolute atomic E-state index is 0.0109. The second-order valence-corrected chi connectivity index (χ2v) is 16.2. The molecular formula is C32H36O5S2. The number of carbonyl (C=O) groups is 1. The topological polar surface area (TPSA) is 69.7 Å². The zero-order valence-electron chi connectivity index (χ0n) is 22.7. The van der Waals surface area contributed by atoms with Crippen LogP contribution in [0.4, 0.5) is 0 Å². The van der Waals surface area contributed by atoms with Crippen molar-refractivity contribution in [3.63, 3.8) is 0 Å². The van der Waals surface area contributed by atoms with Gasteiger partial charge >= 0.3 is 5.97 Å². The maximum atomic E-state index is 13.6. The van der Waals surface area contributed by atoms with E-state index >= 15 is 0 Å². The van der Waals surface area contributed by atoms with E-state index in [1.165, 1.54) is 6.42 Å². The molecule has 4 bridgehead atoms. The van der Waals surface area contributed by atoms with Crippen LogP contribution < -0.4 is 4.74 Å². The van der Waals surface area contributed by atoms with Crippen LogP contribution in [0.15, 0.2) is 87.5 Å². The highest BCUT2D eigenvalue weighted by molar-refractivity contribution is 8.33. The summed E-state index contributed by atoms with van der Waals surface area (Å²) in [6.07, 6.45) is 7.08. The summed E-state index contributed by atoms with van der Waals surface area (Å²) in [7, 11) is -6.50. The lowest BCUT2D eigenvalue weighted by Gasteiger charge is -2.53. The van der Waals surface area contributed by atoms with Crippen LogP contribution in [0, 0.1) is 43.4 Å². The van der Waals surface area contributed by atoms with E-state index in [4.69, 9.17) is 8.37 Å². The van der Waals surface area contributed by atoms with Crippen molar-refractivity contribution in [3.05, 3.63) is 83.9 Å². The summed E-state index contributed by atoms with van der Waals surface area (Å²) < 4.78 is 37.9. The van der Waals surface area contributed by atoms with Crippen molar-refractivity contribution in [3.8, 4) is 5.75 Å². The Morgan fingerprint density at radius 2 is 1.18 bits per heavy atom. The normalized spacial score (nSPS) is 26.4. The number of carbonyl (C=O) groups excluding carboxylic acids is 1. The van der Waals surface area contributed by atoms with Gasteiger partial charge in [-0.05, 0) is 127 Å². The van der Waals surface area contributed by atoms with E-state index in [1.807, 2.05) is 86.6 Å². The van der Waals surface area contributed by atoms with Crippen LogP contribution in [0.5, 0.6) is 5.75 Å². The summed E-state index contributed by atoms with van der Waals surface area (Å²) in [4.78, 5) is 15.9. The molecule has 206 valence electrons. The first kappa shape index (κ1) is 26.6. The van der Waals surface area contributed by atoms with Gasteiger partial charge in [0.2, 0.25) is 0 Å². The number of rotatable bonds is 7. The van der Waals surface area contributed by atoms with E-state index in [-0.39, 0.29) is 11.9 Å². The van der Waals surface area contributed by atoms with Crippen LogP contribution in [0.1, 0.15) is 43.2 Å². The van der Waals surface area contributed by atoms with Crippen LogP contribution in [0.25, 0.3) is 0 Å². The van der Waals surface area contributed by atoms with Gasteiger partial charge in [-0.25, -0.2) is 3.63 Å². The molecule has 39 heavy (non-hydrogen) atoms. The molecular weight excluding hydrogens is 528 g/mol. The van der Waals surface area contributed by atoms with Gasteiger partial charge in [-0.2, -0.15) is 8.42 Å². The Kier molecular flexibility index (Phi) is 6.89. The first-order valence-electron chi connectivity index (χ1n) is 13.8. The fourth-order valence-electron chi connectivity index (χ4n) is 7.65. The number of hydrogen-bond donors (Lipinski definition) is 0. The van der Waals surface area contributed by atoms with Gasteiger partial charge in [0.25, 0.3) is 10.1 Å². The Bertz CT molecular complexity index is 1390. The Morgan fingerprint density at radius 3 is 1.62 bits per heavy atom. The fourth-order valence-corrected chi connectivity index (χ4v) is 12.7. The van der Waals surface area contributed by atoms with Crippen molar-refractivity contribution >= 4 is 26.4 Å². The van der Waals surface area contributed by atoms with Gasteiger partial charge in [-0.3, -0.25) is 4.79 Å². The molecule has 3 aromatic carbocycles. The van der Waals surface area contributed by atoms with Crippen LogP contribution in [0.2, 0.25) is 0 Å². The third kappa shape index (κ3) is 4.94. The monoisotopic (exact) mass is 564 g/mol. The molecule has 0 amide bonds. The average molecular weight is 565 g/mol. The predicted octanol–water partition coefficient (Wildman–Crippen LogP) is 7.45. The molecule has 0 aliphatic heterocycles. The fraction of sp³-hybridized carbons (Fsp3) is 0.406. The first-order valence-corrected chi connectivity index (χ1v) is 17.2. The second kappa shape index (κ2) is 10.1. The zero-order chi connectivity index (χ0) is 27.4. The summed E-state index contributed by atoms with van der Waals surface area (Å²) in [6, 6.07) is 22.9. The van der Waals surface area contributed by atoms with Gasteiger partial charge in [0.1, 0.15) is 5.75 Å². The molecule has 0 heterocycles. The summed E-state index contributed by atoms with van der Waals surface area (Å²) in [5, 5.41) is 0. The molecule has 7 heteroatoms. The van der Waals surface area contributed by atoms with Crippen LogP contribution in [0.3, 0.4) is 0 Å². The van der Waals surface area contributed by atoms with E-state index in [2.05, 4.69) is 0 Å². The summed E-state index contributed by atoms with van der Waals surface area (Å²) >= 11 is 0. The van der Waals surface area contributed by atoms with E-state index in [1.54, 1.807) is 0 Å². The van der Waals surface area contributed by atoms with Crippen molar-refractivity contribution in [2.45, 2.75) is 60.6 Å². The lowest BCUT2D eigenvalue weighted by molar-refractivity contribution is -0.152. The van der Waals surface area contributed by atoms with Gasteiger partial charge < -0.3 is 4.74 Å². The number of hydrogen-bond acceptors (Lipinski definition) is 5. The molecule has 0 atom stereocenters. The lowest BCUT2D eigenvalue weighted by atomic mass is 9.52. The summed E-state index contributed by atoms with van der Waals surface area (Å²) in [5.74, 6) is 2.95. The molecule has 0 saturated heterocycles. The molecule has 5 nitrogen and oxygen atoms in total. The maximum absolute atomic E-state index is 13.6. The molecule has 0 N–H and O–H groups in total. The molecule has 0 radical (unpaired) electrons.